The van der Waals surface area contributed by atoms with Gasteiger partial charge in [-0.3, -0.25) is 4.79 Å². The van der Waals surface area contributed by atoms with Crippen molar-refractivity contribution in [2.45, 2.75) is 25.5 Å². The van der Waals surface area contributed by atoms with Crippen LogP contribution in [0.4, 0.5) is 0 Å². The summed E-state index contributed by atoms with van der Waals surface area (Å²) in [6, 6.07) is 19.1. The molecule has 1 fully saturated rings. The van der Waals surface area contributed by atoms with Gasteiger partial charge >= 0.3 is 0 Å². The van der Waals surface area contributed by atoms with E-state index in [1.807, 2.05) is 59.5 Å². The highest BCUT2D eigenvalue weighted by atomic mass is 35.5. The highest BCUT2D eigenvalue weighted by molar-refractivity contribution is 6.30. The molecule has 0 aliphatic carbocycles. The maximum absolute atomic E-state index is 13.2. The third-order valence-corrected chi connectivity index (χ3v) is 5.07. The van der Waals surface area contributed by atoms with Gasteiger partial charge in [-0.2, -0.15) is 5.10 Å². The molecule has 0 bridgehead atoms. The number of ether oxygens (including phenoxy) is 1. The van der Waals surface area contributed by atoms with Crippen molar-refractivity contribution in [3.8, 4) is 5.69 Å². The number of rotatable bonds is 6. The molecule has 1 saturated heterocycles. The third-order valence-electron chi connectivity index (χ3n) is 4.83. The lowest BCUT2D eigenvalue weighted by Crippen LogP contribution is -2.37. The summed E-state index contributed by atoms with van der Waals surface area (Å²) in [6.45, 7) is 1.86. The van der Waals surface area contributed by atoms with E-state index < -0.39 is 0 Å². The van der Waals surface area contributed by atoms with E-state index in [0.717, 1.165) is 30.7 Å². The SMILES string of the molecule is O=C(c1ccn(-c2cccc(Cl)c2)n1)N(Cc1ccccc1)CC1CCCO1. The van der Waals surface area contributed by atoms with E-state index in [1.54, 1.807) is 16.9 Å². The minimum atomic E-state index is -0.0971. The van der Waals surface area contributed by atoms with Crippen LogP contribution in [0.15, 0.2) is 66.9 Å². The zero-order valence-electron chi connectivity index (χ0n) is 15.5. The highest BCUT2D eigenvalue weighted by Gasteiger charge is 2.25. The van der Waals surface area contributed by atoms with Crippen molar-refractivity contribution < 1.29 is 9.53 Å². The van der Waals surface area contributed by atoms with Gasteiger partial charge in [-0.1, -0.05) is 48.0 Å². The maximum atomic E-state index is 13.2. The second-order valence-corrected chi connectivity index (χ2v) is 7.37. The van der Waals surface area contributed by atoms with Crippen LogP contribution >= 0.6 is 11.6 Å². The van der Waals surface area contributed by atoms with Crippen molar-refractivity contribution in [2.24, 2.45) is 0 Å². The van der Waals surface area contributed by atoms with E-state index in [0.29, 0.717) is 23.8 Å². The third kappa shape index (κ3) is 4.43. The molecule has 1 unspecified atom stereocenters. The molecule has 6 heteroatoms. The number of carbonyl (C=O) groups is 1. The molecule has 0 saturated carbocycles. The van der Waals surface area contributed by atoms with Crippen molar-refractivity contribution in [1.29, 1.82) is 0 Å². The van der Waals surface area contributed by atoms with Gasteiger partial charge in [0.05, 0.1) is 11.8 Å². The molecule has 0 N–H and O–H groups in total. The summed E-state index contributed by atoms with van der Waals surface area (Å²) in [5.41, 5.74) is 2.32. The largest absolute Gasteiger partial charge is 0.376 e. The van der Waals surface area contributed by atoms with Gasteiger partial charge < -0.3 is 9.64 Å². The van der Waals surface area contributed by atoms with E-state index in [9.17, 15) is 4.79 Å². The number of nitrogens with zero attached hydrogens (tertiary/aromatic N) is 3. The molecule has 5 nitrogen and oxygen atoms in total. The Balaban J connectivity index is 1.56. The predicted molar refractivity (Wildman–Crippen MR) is 109 cm³/mol. The summed E-state index contributed by atoms with van der Waals surface area (Å²) in [6.07, 6.45) is 3.89. The number of aromatic nitrogens is 2. The minimum absolute atomic E-state index is 0.0858. The van der Waals surface area contributed by atoms with Gasteiger partial charge in [0.1, 0.15) is 0 Å². The predicted octanol–water partition coefficient (Wildman–Crippen LogP) is 4.35. The first-order valence-corrected chi connectivity index (χ1v) is 9.83. The standard InChI is InChI=1S/C22H22ClN3O2/c23-18-8-4-9-19(14-18)26-12-11-21(24-26)22(27)25(16-20-10-5-13-28-20)15-17-6-2-1-3-7-17/h1-4,6-9,11-12,14,20H,5,10,13,15-16H2. The number of amides is 1. The van der Waals surface area contributed by atoms with E-state index >= 15 is 0 Å². The van der Waals surface area contributed by atoms with E-state index in [1.165, 1.54) is 0 Å². The van der Waals surface area contributed by atoms with Gasteiger partial charge in [0.2, 0.25) is 0 Å². The first kappa shape index (κ1) is 18.7. The molecule has 2 aromatic carbocycles. The molecule has 28 heavy (non-hydrogen) atoms. The van der Waals surface area contributed by atoms with Crippen LogP contribution < -0.4 is 0 Å². The van der Waals surface area contributed by atoms with Gasteiger partial charge in [0.15, 0.2) is 5.69 Å². The van der Waals surface area contributed by atoms with Gasteiger partial charge in [-0.25, -0.2) is 4.68 Å². The normalized spacial score (nSPS) is 16.2. The fraction of sp³-hybridized carbons (Fsp3) is 0.273. The van der Waals surface area contributed by atoms with E-state index in [2.05, 4.69) is 5.10 Å². The second kappa shape index (κ2) is 8.59. The molecule has 1 amide bonds. The fourth-order valence-corrected chi connectivity index (χ4v) is 3.60. The Morgan fingerprint density at radius 2 is 2.04 bits per heavy atom. The zero-order valence-corrected chi connectivity index (χ0v) is 16.3. The van der Waals surface area contributed by atoms with Crippen LogP contribution in [-0.2, 0) is 11.3 Å². The molecular weight excluding hydrogens is 374 g/mol. The monoisotopic (exact) mass is 395 g/mol. The number of halogens is 1. The molecular formula is C22H22ClN3O2. The molecule has 1 atom stereocenters. The summed E-state index contributed by atoms with van der Waals surface area (Å²) in [5, 5.41) is 5.11. The number of hydrogen-bond donors (Lipinski definition) is 0. The lowest BCUT2D eigenvalue weighted by atomic mass is 10.1. The molecule has 1 aromatic heterocycles. The lowest BCUT2D eigenvalue weighted by molar-refractivity contribution is 0.0502. The first-order chi connectivity index (χ1) is 13.7. The lowest BCUT2D eigenvalue weighted by Gasteiger charge is -2.25. The molecule has 3 aromatic rings. The van der Waals surface area contributed by atoms with Crippen molar-refractivity contribution >= 4 is 17.5 Å². The Kier molecular flexibility index (Phi) is 5.74. The Labute approximate surface area is 169 Å². The Morgan fingerprint density at radius 1 is 1.18 bits per heavy atom. The molecule has 4 rings (SSSR count). The Bertz CT molecular complexity index is 936. The van der Waals surface area contributed by atoms with Crippen LogP contribution in [0, 0.1) is 0 Å². The summed E-state index contributed by atoms with van der Waals surface area (Å²) >= 11 is 6.07. The summed E-state index contributed by atoms with van der Waals surface area (Å²) in [4.78, 5) is 15.0. The summed E-state index contributed by atoms with van der Waals surface area (Å²) in [7, 11) is 0. The van der Waals surface area contributed by atoms with Gasteiger partial charge in [-0.05, 0) is 42.7 Å². The van der Waals surface area contributed by atoms with Crippen LogP contribution in [0.2, 0.25) is 5.02 Å². The molecule has 2 heterocycles. The molecule has 1 aliphatic heterocycles. The Hall–Kier alpha value is -2.63. The van der Waals surface area contributed by atoms with E-state index in [4.69, 9.17) is 16.3 Å². The average molecular weight is 396 g/mol. The quantitative estimate of drug-likeness (QED) is 0.623. The average Bonchev–Trinajstić information content (AvgIpc) is 3.40. The molecule has 1 aliphatic rings. The highest BCUT2D eigenvalue weighted by Crippen LogP contribution is 2.18. The van der Waals surface area contributed by atoms with Gasteiger partial charge in [0, 0.05) is 30.9 Å². The zero-order chi connectivity index (χ0) is 19.3. The van der Waals surface area contributed by atoms with Crippen molar-refractivity contribution in [3.63, 3.8) is 0 Å². The molecule has 0 radical (unpaired) electrons. The number of hydrogen-bond acceptors (Lipinski definition) is 3. The smallest absolute Gasteiger partial charge is 0.274 e. The van der Waals surface area contributed by atoms with Crippen molar-refractivity contribution in [1.82, 2.24) is 14.7 Å². The van der Waals surface area contributed by atoms with Gasteiger partial charge in [0.25, 0.3) is 5.91 Å². The second-order valence-electron chi connectivity index (χ2n) is 6.93. The Morgan fingerprint density at radius 3 is 2.79 bits per heavy atom. The minimum Gasteiger partial charge on any atom is -0.376 e. The van der Waals surface area contributed by atoms with Crippen LogP contribution in [0.3, 0.4) is 0 Å². The van der Waals surface area contributed by atoms with Crippen LogP contribution in [0.25, 0.3) is 5.69 Å². The maximum Gasteiger partial charge on any atom is 0.274 e. The van der Waals surface area contributed by atoms with Crippen LogP contribution in [0.5, 0.6) is 0 Å². The number of benzene rings is 2. The fourth-order valence-electron chi connectivity index (χ4n) is 3.42. The topological polar surface area (TPSA) is 47.4 Å². The van der Waals surface area contributed by atoms with Crippen LogP contribution in [0.1, 0.15) is 28.9 Å². The molecule has 144 valence electrons. The summed E-state index contributed by atoms with van der Waals surface area (Å²) < 4.78 is 7.43. The van der Waals surface area contributed by atoms with Crippen molar-refractivity contribution in [3.05, 3.63) is 83.1 Å². The molecule has 0 spiro atoms. The van der Waals surface area contributed by atoms with Crippen LogP contribution in [-0.4, -0.2) is 39.8 Å². The summed E-state index contributed by atoms with van der Waals surface area (Å²) in [5.74, 6) is -0.0971. The first-order valence-electron chi connectivity index (χ1n) is 9.45. The number of carbonyl (C=O) groups excluding carboxylic acids is 1. The van der Waals surface area contributed by atoms with Gasteiger partial charge in [-0.15, -0.1) is 0 Å². The van der Waals surface area contributed by atoms with Crippen molar-refractivity contribution in [2.75, 3.05) is 13.2 Å². The van der Waals surface area contributed by atoms with E-state index in [-0.39, 0.29) is 12.0 Å².